The number of allylic oxidation sites excluding steroid dienone is 2. The highest BCUT2D eigenvalue weighted by Gasteiger charge is 2.39. The third kappa shape index (κ3) is 3.17. The molecule has 0 saturated heterocycles. The molecule has 1 saturated carbocycles. The predicted octanol–water partition coefficient (Wildman–Crippen LogP) is 4.27. The van der Waals surface area contributed by atoms with Crippen LogP contribution < -0.4 is 0 Å². The molecule has 1 aliphatic rings. The summed E-state index contributed by atoms with van der Waals surface area (Å²) >= 11 is 0. The maximum Gasteiger partial charge on any atom is -0.0234 e. The lowest BCUT2D eigenvalue weighted by molar-refractivity contribution is 0.455. The second-order valence-electron chi connectivity index (χ2n) is 4.83. The molecular weight excluding hydrogens is 156 g/mol. The van der Waals surface area contributed by atoms with Gasteiger partial charge in [0.1, 0.15) is 0 Å². The first-order valence-corrected chi connectivity index (χ1v) is 5.81. The van der Waals surface area contributed by atoms with Crippen molar-refractivity contribution in [2.24, 2.45) is 23.7 Å². The van der Waals surface area contributed by atoms with Gasteiger partial charge in [-0.15, -0.1) is 0 Å². The highest BCUT2D eigenvalue weighted by Crippen LogP contribution is 2.48. The van der Waals surface area contributed by atoms with Gasteiger partial charge in [0.05, 0.1) is 0 Å². The second kappa shape index (κ2) is 4.83. The van der Waals surface area contributed by atoms with Crippen LogP contribution in [0, 0.1) is 23.7 Å². The van der Waals surface area contributed by atoms with Crippen molar-refractivity contribution >= 4 is 0 Å². The molecule has 0 radical (unpaired) electrons. The van der Waals surface area contributed by atoms with E-state index in [4.69, 9.17) is 0 Å². The summed E-state index contributed by atoms with van der Waals surface area (Å²) in [5.41, 5.74) is 0. The van der Waals surface area contributed by atoms with Crippen LogP contribution in [0.2, 0.25) is 0 Å². The first kappa shape index (κ1) is 10.8. The predicted molar refractivity (Wildman–Crippen MR) is 59.6 cm³/mol. The van der Waals surface area contributed by atoms with Crippen LogP contribution >= 0.6 is 0 Å². The number of hydrogen-bond donors (Lipinski definition) is 0. The summed E-state index contributed by atoms with van der Waals surface area (Å²) in [5, 5.41) is 0. The highest BCUT2D eigenvalue weighted by atomic mass is 14.4. The van der Waals surface area contributed by atoms with E-state index >= 15 is 0 Å². The Bertz CT molecular complexity index is 167. The minimum absolute atomic E-state index is 0.846. The Kier molecular flexibility index (Phi) is 4.02. The number of hydrogen-bond acceptors (Lipinski definition) is 0. The average molecular weight is 180 g/mol. The topological polar surface area (TPSA) is 0 Å². The lowest BCUT2D eigenvalue weighted by Crippen LogP contribution is -1.99. The summed E-state index contributed by atoms with van der Waals surface area (Å²) in [4.78, 5) is 0. The molecule has 1 aliphatic carbocycles. The van der Waals surface area contributed by atoms with E-state index in [-0.39, 0.29) is 0 Å². The van der Waals surface area contributed by atoms with E-state index < -0.39 is 0 Å². The van der Waals surface area contributed by atoms with Crippen LogP contribution in [0.4, 0.5) is 0 Å². The first-order chi connectivity index (χ1) is 6.19. The molecule has 1 fully saturated rings. The fourth-order valence-electron chi connectivity index (χ4n) is 2.40. The molecule has 0 nitrogen and oxygen atoms in total. The van der Waals surface area contributed by atoms with Crippen molar-refractivity contribution in [1.29, 1.82) is 0 Å². The summed E-state index contributed by atoms with van der Waals surface area (Å²) in [6.45, 7) is 9.16. The molecule has 0 amide bonds. The maximum absolute atomic E-state index is 2.38. The van der Waals surface area contributed by atoms with Crippen LogP contribution in [0.3, 0.4) is 0 Å². The monoisotopic (exact) mass is 180 g/mol. The summed E-state index contributed by atoms with van der Waals surface area (Å²) < 4.78 is 0. The molecule has 0 aromatic carbocycles. The second-order valence-corrected chi connectivity index (χ2v) is 4.83. The first-order valence-electron chi connectivity index (χ1n) is 5.81. The average Bonchev–Trinajstić information content (AvgIpc) is 2.83. The number of rotatable bonds is 5. The van der Waals surface area contributed by atoms with E-state index in [2.05, 4.69) is 39.8 Å². The quantitative estimate of drug-likeness (QED) is 0.554. The van der Waals surface area contributed by atoms with Gasteiger partial charge in [-0.1, -0.05) is 32.9 Å². The van der Waals surface area contributed by atoms with Gasteiger partial charge in [0.2, 0.25) is 0 Å². The van der Waals surface area contributed by atoms with Gasteiger partial charge in [0.15, 0.2) is 0 Å². The molecule has 3 atom stereocenters. The van der Waals surface area contributed by atoms with Crippen LogP contribution in [0.15, 0.2) is 12.2 Å². The molecular formula is C13H24. The van der Waals surface area contributed by atoms with Crippen LogP contribution in [-0.2, 0) is 0 Å². The molecule has 0 heterocycles. The van der Waals surface area contributed by atoms with Gasteiger partial charge in [0, 0.05) is 0 Å². The molecule has 76 valence electrons. The maximum atomic E-state index is 2.38. The summed E-state index contributed by atoms with van der Waals surface area (Å²) in [7, 11) is 0. The van der Waals surface area contributed by atoms with Crippen molar-refractivity contribution in [1.82, 2.24) is 0 Å². The van der Waals surface area contributed by atoms with Gasteiger partial charge in [-0.3, -0.25) is 0 Å². The molecule has 0 bridgehead atoms. The third-order valence-corrected chi connectivity index (χ3v) is 3.43. The standard InChI is InChI=1S/C13H24/c1-5-7-11(6-2)8-12-9-13(12)10(3)4/h5,7,10-13H,6,8-9H2,1-4H3. The zero-order chi connectivity index (χ0) is 9.84. The minimum atomic E-state index is 0.846. The lowest BCUT2D eigenvalue weighted by Gasteiger charge is -2.10. The molecule has 0 aromatic heterocycles. The zero-order valence-electron chi connectivity index (χ0n) is 9.59. The minimum Gasteiger partial charge on any atom is -0.0914 e. The van der Waals surface area contributed by atoms with Gasteiger partial charge in [-0.2, -0.15) is 0 Å². The summed E-state index contributed by atoms with van der Waals surface area (Å²) in [6, 6.07) is 0. The van der Waals surface area contributed by atoms with E-state index in [9.17, 15) is 0 Å². The molecule has 0 aliphatic heterocycles. The fraction of sp³-hybridized carbons (Fsp3) is 0.846. The van der Waals surface area contributed by atoms with E-state index in [1.54, 1.807) is 0 Å². The van der Waals surface area contributed by atoms with Crippen molar-refractivity contribution < 1.29 is 0 Å². The Hall–Kier alpha value is -0.260. The summed E-state index contributed by atoms with van der Waals surface area (Å²) in [5.74, 6) is 3.84. The Morgan fingerprint density at radius 2 is 2.08 bits per heavy atom. The van der Waals surface area contributed by atoms with Gasteiger partial charge >= 0.3 is 0 Å². The van der Waals surface area contributed by atoms with E-state index in [0.717, 1.165) is 23.7 Å². The van der Waals surface area contributed by atoms with Crippen molar-refractivity contribution in [3.8, 4) is 0 Å². The van der Waals surface area contributed by atoms with Crippen LogP contribution in [-0.4, -0.2) is 0 Å². The van der Waals surface area contributed by atoms with Crippen LogP contribution in [0.5, 0.6) is 0 Å². The molecule has 0 heteroatoms. The lowest BCUT2D eigenvalue weighted by atomic mass is 9.96. The highest BCUT2D eigenvalue weighted by molar-refractivity contribution is 4.94. The third-order valence-electron chi connectivity index (χ3n) is 3.43. The molecule has 1 rings (SSSR count). The molecule has 0 spiro atoms. The largest absolute Gasteiger partial charge is 0.0914 e. The van der Waals surface area contributed by atoms with Gasteiger partial charge < -0.3 is 0 Å². The van der Waals surface area contributed by atoms with Crippen LogP contribution in [0.1, 0.15) is 47.0 Å². The molecule has 0 N–H and O–H groups in total. The Labute approximate surface area is 83.4 Å². The Morgan fingerprint density at radius 1 is 1.38 bits per heavy atom. The van der Waals surface area contributed by atoms with Crippen LogP contribution in [0.25, 0.3) is 0 Å². The molecule has 0 aromatic rings. The fourth-order valence-corrected chi connectivity index (χ4v) is 2.40. The zero-order valence-corrected chi connectivity index (χ0v) is 9.59. The molecule has 3 unspecified atom stereocenters. The van der Waals surface area contributed by atoms with Crippen molar-refractivity contribution in [3.05, 3.63) is 12.2 Å². The smallest absolute Gasteiger partial charge is 0.0234 e. The SMILES string of the molecule is CC=CC(CC)CC1CC1C(C)C. The summed E-state index contributed by atoms with van der Waals surface area (Å²) in [6.07, 6.45) is 8.83. The van der Waals surface area contributed by atoms with Gasteiger partial charge in [-0.05, 0) is 49.9 Å². The Balaban J connectivity index is 2.25. The van der Waals surface area contributed by atoms with E-state index in [1.807, 2.05) is 0 Å². The Morgan fingerprint density at radius 3 is 2.46 bits per heavy atom. The molecule has 13 heavy (non-hydrogen) atoms. The van der Waals surface area contributed by atoms with Gasteiger partial charge in [-0.25, -0.2) is 0 Å². The van der Waals surface area contributed by atoms with Crippen molar-refractivity contribution in [2.75, 3.05) is 0 Å². The van der Waals surface area contributed by atoms with E-state index in [1.165, 1.54) is 19.3 Å². The normalized spacial score (nSPS) is 29.9. The van der Waals surface area contributed by atoms with Crippen molar-refractivity contribution in [3.63, 3.8) is 0 Å². The van der Waals surface area contributed by atoms with E-state index in [0.29, 0.717) is 0 Å². The van der Waals surface area contributed by atoms with Crippen molar-refractivity contribution in [2.45, 2.75) is 47.0 Å². The van der Waals surface area contributed by atoms with Gasteiger partial charge in [0.25, 0.3) is 0 Å².